The van der Waals surface area contributed by atoms with E-state index in [1.165, 1.54) is 12.1 Å². The number of benzene rings is 2. The summed E-state index contributed by atoms with van der Waals surface area (Å²) in [6.45, 7) is 4.08. The van der Waals surface area contributed by atoms with Crippen LogP contribution in [0.2, 0.25) is 0 Å². The number of piperazine rings is 1. The summed E-state index contributed by atoms with van der Waals surface area (Å²) < 4.78 is 23.4. The summed E-state index contributed by atoms with van der Waals surface area (Å²) in [6, 6.07) is 18.6. The monoisotopic (exact) mass is 481 g/mol. The van der Waals surface area contributed by atoms with Crippen molar-refractivity contribution >= 4 is 29.2 Å². The van der Waals surface area contributed by atoms with Crippen molar-refractivity contribution in [3.63, 3.8) is 0 Å². The van der Waals surface area contributed by atoms with E-state index in [9.17, 15) is 4.39 Å². The van der Waals surface area contributed by atoms with Crippen molar-refractivity contribution in [2.24, 2.45) is 0 Å². The molecule has 1 aliphatic rings. The topological polar surface area (TPSA) is 38.5 Å². The molecule has 2 aromatic carbocycles. The van der Waals surface area contributed by atoms with Crippen LogP contribution in [0.3, 0.4) is 0 Å². The number of halogens is 1. The van der Waals surface area contributed by atoms with Crippen LogP contribution in [0.5, 0.6) is 5.75 Å². The van der Waals surface area contributed by atoms with Crippen molar-refractivity contribution < 1.29 is 9.13 Å². The van der Waals surface area contributed by atoms with Crippen LogP contribution in [0.15, 0.2) is 66.0 Å². The van der Waals surface area contributed by atoms with Crippen molar-refractivity contribution in [2.45, 2.75) is 6.67 Å². The van der Waals surface area contributed by atoms with Crippen LogP contribution in [0, 0.1) is 10.6 Å². The molecule has 4 aromatic rings. The SMILES string of the molecule is COc1ccccc1-n1c(-c2cccs2)nn(CN2CCN(c3ccc(F)cc3)CC2)c1=S. The predicted molar refractivity (Wildman–Crippen MR) is 132 cm³/mol. The standard InChI is InChI=1S/C24H24FN5OS2/c1-31-21-6-3-2-5-20(21)30-23(22-7-4-16-33-22)26-29(24(30)32)17-27-12-14-28(15-13-27)19-10-8-18(25)9-11-19/h2-11,16H,12-15,17H2,1H3. The summed E-state index contributed by atoms with van der Waals surface area (Å²) in [6.07, 6.45) is 0. The van der Waals surface area contributed by atoms with Crippen molar-refractivity contribution in [2.75, 3.05) is 38.2 Å². The fourth-order valence-corrected chi connectivity index (χ4v) is 5.07. The zero-order valence-corrected chi connectivity index (χ0v) is 19.9. The minimum Gasteiger partial charge on any atom is -0.495 e. The second-order valence-corrected chi connectivity index (χ2v) is 9.13. The molecule has 0 N–H and O–H groups in total. The molecule has 6 nitrogen and oxygen atoms in total. The lowest BCUT2D eigenvalue weighted by atomic mass is 10.2. The first-order valence-electron chi connectivity index (χ1n) is 10.7. The van der Waals surface area contributed by atoms with Gasteiger partial charge < -0.3 is 9.64 Å². The Hall–Kier alpha value is -3.01. The van der Waals surface area contributed by atoms with Gasteiger partial charge in [-0.15, -0.1) is 16.4 Å². The lowest BCUT2D eigenvalue weighted by Crippen LogP contribution is -2.47. The predicted octanol–water partition coefficient (Wildman–Crippen LogP) is 5.06. The number of thiophene rings is 1. The quantitative estimate of drug-likeness (QED) is 0.360. The Morgan fingerprint density at radius 3 is 2.45 bits per heavy atom. The number of nitrogens with zero attached hydrogens (tertiary/aromatic N) is 5. The Morgan fingerprint density at radius 1 is 1.00 bits per heavy atom. The molecule has 0 unspecified atom stereocenters. The highest BCUT2D eigenvalue weighted by Gasteiger charge is 2.22. The van der Waals surface area contributed by atoms with Gasteiger partial charge in [0.05, 0.1) is 24.3 Å². The lowest BCUT2D eigenvalue weighted by molar-refractivity contribution is 0.194. The van der Waals surface area contributed by atoms with E-state index >= 15 is 0 Å². The van der Waals surface area contributed by atoms with E-state index < -0.39 is 0 Å². The second kappa shape index (κ2) is 9.46. The van der Waals surface area contributed by atoms with Gasteiger partial charge in [-0.2, -0.15) is 0 Å². The van der Waals surface area contributed by atoms with Crippen LogP contribution in [-0.4, -0.2) is 52.5 Å². The summed E-state index contributed by atoms with van der Waals surface area (Å²) in [7, 11) is 1.66. The van der Waals surface area contributed by atoms with Gasteiger partial charge in [0.25, 0.3) is 0 Å². The Labute approximate surface area is 201 Å². The lowest BCUT2D eigenvalue weighted by Gasteiger charge is -2.35. The molecular weight excluding hydrogens is 457 g/mol. The summed E-state index contributed by atoms with van der Waals surface area (Å²) in [4.78, 5) is 5.67. The third kappa shape index (κ3) is 4.44. The van der Waals surface area contributed by atoms with Gasteiger partial charge in [-0.25, -0.2) is 9.07 Å². The molecule has 170 valence electrons. The van der Waals surface area contributed by atoms with E-state index in [0.717, 1.165) is 54.0 Å². The molecule has 1 fully saturated rings. The summed E-state index contributed by atoms with van der Waals surface area (Å²) in [5.41, 5.74) is 1.92. The smallest absolute Gasteiger partial charge is 0.204 e. The van der Waals surface area contributed by atoms with Crippen molar-refractivity contribution in [3.05, 3.63) is 76.6 Å². The molecule has 0 radical (unpaired) electrons. The summed E-state index contributed by atoms with van der Waals surface area (Å²) >= 11 is 7.53. The van der Waals surface area contributed by atoms with E-state index in [2.05, 4.69) is 15.9 Å². The highest BCUT2D eigenvalue weighted by atomic mass is 32.1. The van der Waals surface area contributed by atoms with Crippen molar-refractivity contribution in [3.8, 4) is 22.1 Å². The maximum absolute atomic E-state index is 13.2. The zero-order valence-electron chi connectivity index (χ0n) is 18.2. The zero-order chi connectivity index (χ0) is 22.8. The minimum absolute atomic E-state index is 0.209. The van der Waals surface area contributed by atoms with Gasteiger partial charge in [-0.1, -0.05) is 18.2 Å². The Kier molecular flexibility index (Phi) is 6.26. The van der Waals surface area contributed by atoms with E-state index in [1.54, 1.807) is 18.4 Å². The van der Waals surface area contributed by atoms with Crippen molar-refractivity contribution in [1.29, 1.82) is 0 Å². The van der Waals surface area contributed by atoms with E-state index in [4.69, 9.17) is 22.1 Å². The van der Waals surface area contributed by atoms with Crippen molar-refractivity contribution in [1.82, 2.24) is 19.2 Å². The van der Waals surface area contributed by atoms with Crippen LogP contribution in [0.4, 0.5) is 10.1 Å². The third-order valence-electron chi connectivity index (χ3n) is 5.80. The third-order valence-corrected chi connectivity index (χ3v) is 7.06. The first-order valence-corrected chi connectivity index (χ1v) is 12.0. The molecule has 0 atom stereocenters. The molecule has 1 aliphatic heterocycles. The van der Waals surface area contributed by atoms with E-state index in [-0.39, 0.29) is 5.82 Å². The maximum atomic E-state index is 13.2. The van der Waals surface area contributed by atoms with Crippen LogP contribution in [-0.2, 0) is 6.67 Å². The molecule has 2 aromatic heterocycles. The molecule has 33 heavy (non-hydrogen) atoms. The highest BCUT2D eigenvalue weighted by molar-refractivity contribution is 7.71. The Balaban J connectivity index is 1.40. The number of hydrogen-bond donors (Lipinski definition) is 0. The van der Waals surface area contributed by atoms with Crippen LogP contribution >= 0.6 is 23.6 Å². The summed E-state index contributed by atoms with van der Waals surface area (Å²) in [5.74, 6) is 1.35. The molecule has 1 saturated heterocycles. The molecule has 0 amide bonds. The first kappa shape index (κ1) is 21.8. The van der Waals surface area contributed by atoms with Gasteiger partial charge in [0, 0.05) is 31.9 Å². The average molecular weight is 482 g/mol. The number of aromatic nitrogens is 3. The van der Waals surface area contributed by atoms with Gasteiger partial charge in [0.2, 0.25) is 4.77 Å². The molecule has 3 heterocycles. The normalized spacial score (nSPS) is 14.5. The fourth-order valence-electron chi connectivity index (χ4n) is 4.09. The molecule has 0 saturated carbocycles. The molecule has 0 aliphatic carbocycles. The fraction of sp³-hybridized carbons (Fsp3) is 0.250. The average Bonchev–Trinajstić information content (AvgIpc) is 3.49. The largest absolute Gasteiger partial charge is 0.495 e. The number of para-hydroxylation sites is 2. The van der Waals surface area contributed by atoms with Gasteiger partial charge in [-0.05, 0) is 60.1 Å². The molecule has 0 bridgehead atoms. The number of anilines is 1. The molecular formula is C24H24FN5OS2. The van der Waals surface area contributed by atoms with Gasteiger partial charge >= 0.3 is 0 Å². The number of ether oxygens (including phenoxy) is 1. The molecule has 9 heteroatoms. The van der Waals surface area contributed by atoms with Crippen LogP contribution in [0.25, 0.3) is 16.4 Å². The minimum atomic E-state index is -0.209. The second-order valence-electron chi connectivity index (χ2n) is 7.81. The van der Waals surface area contributed by atoms with Gasteiger partial charge in [0.15, 0.2) is 5.82 Å². The summed E-state index contributed by atoms with van der Waals surface area (Å²) in [5, 5.41) is 6.96. The van der Waals surface area contributed by atoms with Gasteiger partial charge in [0.1, 0.15) is 11.6 Å². The number of methoxy groups -OCH3 is 1. The highest BCUT2D eigenvalue weighted by Crippen LogP contribution is 2.31. The molecule has 0 spiro atoms. The van der Waals surface area contributed by atoms with Crippen LogP contribution < -0.4 is 9.64 Å². The van der Waals surface area contributed by atoms with Gasteiger partial charge in [-0.3, -0.25) is 9.47 Å². The maximum Gasteiger partial charge on any atom is 0.204 e. The first-order chi connectivity index (χ1) is 16.1. The Morgan fingerprint density at radius 2 is 1.76 bits per heavy atom. The number of hydrogen-bond acceptors (Lipinski definition) is 6. The van der Waals surface area contributed by atoms with E-state index in [0.29, 0.717) is 11.4 Å². The van der Waals surface area contributed by atoms with Crippen LogP contribution in [0.1, 0.15) is 0 Å². The number of rotatable bonds is 6. The molecule has 5 rings (SSSR count). The Bertz CT molecular complexity index is 1280. The van der Waals surface area contributed by atoms with E-state index in [1.807, 2.05) is 57.1 Å².